The number of esters is 1. The highest BCUT2D eigenvalue weighted by Gasteiger charge is 2.32. The van der Waals surface area contributed by atoms with E-state index < -0.39 is 12.0 Å². The average molecular weight is 361 g/mol. The second-order valence-electron chi connectivity index (χ2n) is 5.96. The Balaban J connectivity index is 2.27. The summed E-state index contributed by atoms with van der Waals surface area (Å²) in [4.78, 5) is 26.7. The summed E-state index contributed by atoms with van der Waals surface area (Å²) in [5.41, 5.74) is 2.82. The minimum Gasteiger partial charge on any atom is -0.460 e. The van der Waals surface area contributed by atoms with Crippen LogP contribution >= 0.6 is 0 Å². The predicted molar refractivity (Wildman–Crippen MR) is 99.9 cm³/mol. The number of hydrogen-bond donors (Lipinski definition) is 2. The lowest BCUT2D eigenvalue weighted by molar-refractivity contribution is -0.140. The summed E-state index contributed by atoms with van der Waals surface area (Å²) in [6.45, 7) is 8.21. The van der Waals surface area contributed by atoms with Crippen LogP contribution in [0.2, 0.25) is 0 Å². The Morgan fingerprint density at radius 2 is 1.81 bits per heavy atom. The fourth-order valence-corrected chi connectivity index (χ4v) is 2.98. The number of hydrogen-bond acceptors (Lipinski definition) is 5. The monoisotopic (exact) mass is 361 g/mol. The molecule has 1 aromatic rings. The molecule has 2 rings (SSSR count). The van der Waals surface area contributed by atoms with Crippen molar-refractivity contribution in [2.24, 2.45) is 0 Å². The number of nitrogens with zero attached hydrogens (tertiary/aromatic N) is 1. The second-order valence-corrected chi connectivity index (χ2v) is 5.96. The molecule has 1 atom stereocenters. The molecule has 142 valence electrons. The van der Waals surface area contributed by atoms with E-state index >= 15 is 0 Å². The van der Waals surface area contributed by atoms with Crippen molar-refractivity contribution in [2.45, 2.75) is 26.8 Å². The first-order valence-corrected chi connectivity index (χ1v) is 8.81. The second kappa shape index (κ2) is 9.24. The highest BCUT2D eigenvalue weighted by Crippen LogP contribution is 2.29. The molecule has 1 aliphatic heterocycles. The topological polar surface area (TPSA) is 79.9 Å². The average Bonchev–Trinajstić information content (AvgIpc) is 2.62. The van der Waals surface area contributed by atoms with Crippen LogP contribution in [0.15, 0.2) is 35.5 Å². The number of carbonyl (C=O) groups is 2. The Hall–Kier alpha value is -2.54. The summed E-state index contributed by atoms with van der Waals surface area (Å²) in [5.74, 6) is -0.468. The molecule has 0 saturated heterocycles. The van der Waals surface area contributed by atoms with Gasteiger partial charge in [-0.25, -0.2) is 9.59 Å². The molecule has 0 aliphatic carbocycles. The highest BCUT2D eigenvalue weighted by molar-refractivity contribution is 5.95. The van der Waals surface area contributed by atoms with E-state index in [0.29, 0.717) is 17.9 Å². The van der Waals surface area contributed by atoms with Crippen molar-refractivity contribution in [1.82, 2.24) is 10.6 Å². The molecule has 1 aromatic carbocycles. The maximum Gasteiger partial charge on any atom is 0.338 e. The van der Waals surface area contributed by atoms with E-state index in [9.17, 15) is 9.59 Å². The van der Waals surface area contributed by atoms with Crippen molar-refractivity contribution < 1.29 is 19.1 Å². The van der Waals surface area contributed by atoms with E-state index in [2.05, 4.69) is 29.4 Å². The number of amides is 2. The zero-order chi connectivity index (χ0) is 19.1. The molecule has 0 spiro atoms. The van der Waals surface area contributed by atoms with E-state index in [1.165, 1.54) is 0 Å². The number of methoxy groups -OCH3 is 1. The van der Waals surface area contributed by atoms with Crippen molar-refractivity contribution in [3.05, 3.63) is 41.1 Å². The molecule has 0 bridgehead atoms. The molecule has 0 fully saturated rings. The van der Waals surface area contributed by atoms with E-state index in [1.54, 1.807) is 14.0 Å². The summed E-state index contributed by atoms with van der Waals surface area (Å²) < 4.78 is 10.2. The third-order valence-corrected chi connectivity index (χ3v) is 4.36. The summed E-state index contributed by atoms with van der Waals surface area (Å²) in [6, 6.07) is 6.97. The van der Waals surface area contributed by atoms with Crippen LogP contribution in [0.5, 0.6) is 0 Å². The van der Waals surface area contributed by atoms with Gasteiger partial charge in [0, 0.05) is 31.6 Å². The molecule has 2 amide bonds. The van der Waals surface area contributed by atoms with Crippen LogP contribution in [-0.4, -0.2) is 45.4 Å². The number of allylic oxidation sites excluding steroid dienone is 1. The Kier molecular flexibility index (Phi) is 7.03. The molecule has 0 saturated carbocycles. The first-order valence-electron chi connectivity index (χ1n) is 8.81. The number of anilines is 1. The first kappa shape index (κ1) is 19.8. The van der Waals surface area contributed by atoms with Gasteiger partial charge in [-0.3, -0.25) is 0 Å². The number of rotatable bonds is 8. The van der Waals surface area contributed by atoms with Crippen LogP contribution in [0.4, 0.5) is 10.5 Å². The lowest BCUT2D eigenvalue weighted by Gasteiger charge is -2.28. The lowest BCUT2D eigenvalue weighted by Crippen LogP contribution is -2.45. The highest BCUT2D eigenvalue weighted by atomic mass is 16.6. The molecule has 0 radical (unpaired) electrons. The SMILES string of the molecule is CCN(CC)c1ccc([C@H]2NC(=O)NC(C)=C2C(=O)OCCOC)cc1. The van der Waals surface area contributed by atoms with Gasteiger partial charge in [0.25, 0.3) is 0 Å². The molecular weight excluding hydrogens is 334 g/mol. The van der Waals surface area contributed by atoms with Crippen LogP contribution in [0.1, 0.15) is 32.4 Å². The van der Waals surface area contributed by atoms with Crippen LogP contribution < -0.4 is 15.5 Å². The summed E-state index contributed by atoms with van der Waals surface area (Å²) in [5, 5.41) is 5.45. The van der Waals surface area contributed by atoms with Crippen molar-refractivity contribution in [2.75, 3.05) is 38.3 Å². The number of nitrogens with one attached hydrogen (secondary N) is 2. The molecule has 7 heteroatoms. The van der Waals surface area contributed by atoms with Crippen molar-refractivity contribution >= 4 is 17.7 Å². The van der Waals surface area contributed by atoms with Crippen LogP contribution in [0.3, 0.4) is 0 Å². The number of benzene rings is 1. The lowest BCUT2D eigenvalue weighted by atomic mass is 9.95. The van der Waals surface area contributed by atoms with E-state index in [-0.39, 0.29) is 12.6 Å². The molecule has 7 nitrogen and oxygen atoms in total. The molecule has 0 aromatic heterocycles. The van der Waals surface area contributed by atoms with Gasteiger partial charge in [0.2, 0.25) is 0 Å². The minimum absolute atomic E-state index is 0.160. The van der Waals surface area contributed by atoms with Gasteiger partial charge in [-0.05, 0) is 38.5 Å². The largest absolute Gasteiger partial charge is 0.460 e. The fourth-order valence-electron chi connectivity index (χ4n) is 2.98. The summed E-state index contributed by atoms with van der Waals surface area (Å²) >= 11 is 0. The van der Waals surface area contributed by atoms with Crippen LogP contribution in [-0.2, 0) is 14.3 Å². The normalized spacial score (nSPS) is 16.8. The Morgan fingerprint density at radius 1 is 1.15 bits per heavy atom. The van der Waals surface area contributed by atoms with Crippen LogP contribution in [0.25, 0.3) is 0 Å². The van der Waals surface area contributed by atoms with Crippen LogP contribution in [0, 0.1) is 0 Å². The van der Waals surface area contributed by atoms with Gasteiger partial charge in [0.1, 0.15) is 6.61 Å². The molecule has 1 heterocycles. The smallest absolute Gasteiger partial charge is 0.338 e. The van der Waals surface area contributed by atoms with Crippen molar-refractivity contribution in [3.8, 4) is 0 Å². The zero-order valence-electron chi connectivity index (χ0n) is 15.8. The third-order valence-electron chi connectivity index (χ3n) is 4.36. The predicted octanol–water partition coefficient (Wildman–Crippen LogP) is 2.35. The summed E-state index contributed by atoms with van der Waals surface area (Å²) in [7, 11) is 1.54. The minimum atomic E-state index is -0.551. The van der Waals surface area contributed by atoms with Gasteiger partial charge in [-0.15, -0.1) is 0 Å². The number of carbonyl (C=O) groups excluding carboxylic acids is 2. The molecule has 0 unspecified atom stereocenters. The van der Waals surface area contributed by atoms with Gasteiger partial charge in [0.15, 0.2) is 0 Å². The molecule has 26 heavy (non-hydrogen) atoms. The van der Waals surface area contributed by atoms with E-state index in [4.69, 9.17) is 9.47 Å². The quantitative estimate of drug-likeness (QED) is 0.549. The third kappa shape index (κ3) is 4.54. The van der Waals surface area contributed by atoms with Gasteiger partial charge >= 0.3 is 12.0 Å². The van der Waals surface area contributed by atoms with E-state index in [0.717, 1.165) is 24.3 Å². The van der Waals surface area contributed by atoms with Gasteiger partial charge in [0.05, 0.1) is 18.2 Å². The molecular formula is C19H27N3O4. The van der Waals surface area contributed by atoms with Crippen molar-refractivity contribution in [1.29, 1.82) is 0 Å². The summed E-state index contributed by atoms with van der Waals surface area (Å²) in [6.07, 6.45) is 0. The van der Waals surface area contributed by atoms with Gasteiger partial charge < -0.3 is 25.0 Å². The van der Waals surface area contributed by atoms with Gasteiger partial charge in [-0.1, -0.05) is 12.1 Å². The Labute approximate surface area is 154 Å². The standard InChI is InChI=1S/C19H27N3O4/c1-5-22(6-2)15-9-7-14(8-10-15)17-16(13(3)20-19(24)21-17)18(23)26-12-11-25-4/h7-10,17H,5-6,11-12H2,1-4H3,(H2,20,21,24)/t17-/m1/s1. The van der Waals surface area contributed by atoms with Crippen molar-refractivity contribution in [3.63, 3.8) is 0 Å². The number of ether oxygens (including phenoxy) is 2. The zero-order valence-corrected chi connectivity index (χ0v) is 15.8. The maximum absolute atomic E-state index is 12.5. The molecule has 1 aliphatic rings. The first-order chi connectivity index (χ1) is 12.5. The maximum atomic E-state index is 12.5. The fraction of sp³-hybridized carbons (Fsp3) is 0.474. The number of urea groups is 1. The Morgan fingerprint density at radius 3 is 2.38 bits per heavy atom. The van der Waals surface area contributed by atoms with Gasteiger partial charge in [-0.2, -0.15) is 0 Å². The Bertz CT molecular complexity index is 666. The molecule has 2 N–H and O–H groups in total. The van der Waals surface area contributed by atoms with E-state index in [1.807, 2.05) is 24.3 Å².